The lowest BCUT2D eigenvalue weighted by Gasteiger charge is -2.10. The smallest absolute Gasteiger partial charge is 0.0216 e. The molecular formula is C12H20. The molecule has 0 heterocycles. The Morgan fingerprint density at radius 1 is 1.17 bits per heavy atom. The van der Waals surface area contributed by atoms with Crippen LogP contribution in [-0.2, 0) is 0 Å². The first kappa shape index (κ1) is 11.2. The first-order valence-corrected chi connectivity index (χ1v) is 4.47. The van der Waals surface area contributed by atoms with Crippen molar-refractivity contribution in [3.05, 3.63) is 35.5 Å². The highest BCUT2D eigenvalue weighted by Gasteiger charge is 2.01. The SMILES string of the molecule is C=C/C(C)=C(\C=C(C)C)C(C)C. The molecule has 0 rings (SSSR count). The van der Waals surface area contributed by atoms with Gasteiger partial charge in [0.25, 0.3) is 0 Å². The van der Waals surface area contributed by atoms with Crippen LogP contribution in [0, 0.1) is 5.92 Å². The molecule has 0 unspecified atom stereocenters. The predicted molar refractivity (Wildman–Crippen MR) is 57.2 cm³/mol. The summed E-state index contributed by atoms with van der Waals surface area (Å²) in [5, 5.41) is 0. The predicted octanol–water partition coefficient (Wildman–Crippen LogP) is 4.11. The topological polar surface area (TPSA) is 0 Å². The molecule has 0 saturated heterocycles. The molecule has 12 heavy (non-hydrogen) atoms. The summed E-state index contributed by atoms with van der Waals surface area (Å²) in [7, 11) is 0. The van der Waals surface area contributed by atoms with Crippen molar-refractivity contribution < 1.29 is 0 Å². The highest BCUT2D eigenvalue weighted by atomic mass is 14.1. The highest BCUT2D eigenvalue weighted by Crippen LogP contribution is 2.18. The van der Waals surface area contributed by atoms with E-state index in [0.717, 1.165) is 0 Å². The highest BCUT2D eigenvalue weighted by molar-refractivity contribution is 5.33. The Morgan fingerprint density at radius 2 is 1.67 bits per heavy atom. The maximum atomic E-state index is 3.78. The van der Waals surface area contributed by atoms with Crippen LogP contribution in [0.4, 0.5) is 0 Å². The molecular weight excluding hydrogens is 144 g/mol. The number of hydrogen-bond acceptors (Lipinski definition) is 0. The molecule has 0 aromatic carbocycles. The van der Waals surface area contributed by atoms with Gasteiger partial charge in [-0.1, -0.05) is 38.2 Å². The second-order valence-electron chi connectivity index (χ2n) is 3.72. The first-order chi connectivity index (χ1) is 5.49. The van der Waals surface area contributed by atoms with Crippen LogP contribution in [0.25, 0.3) is 0 Å². The summed E-state index contributed by atoms with van der Waals surface area (Å²) in [5.41, 5.74) is 4.02. The number of hydrogen-bond donors (Lipinski definition) is 0. The monoisotopic (exact) mass is 164 g/mol. The van der Waals surface area contributed by atoms with E-state index in [9.17, 15) is 0 Å². The van der Waals surface area contributed by atoms with Gasteiger partial charge in [-0.15, -0.1) is 0 Å². The van der Waals surface area contributed by atoms with Crippen LogP contribution < -0.4 is 0 Å². The lowest BCUT2D eigenvalue weighted by atomic mass is 9.96. The van der Waals surface area contributed by atoms with Crippen LogP contribution in [0.5, 0.6) is 0 Å². The molecule has 0 heteroatoms. The lowest BCUT2D eigenvalue weighted by Crippen LogP contribution is -1.94. The Bertz CT molecular complexity index is 210. The van der Waals surface area contributed by atoms with Crippen LogP contribution in [0.15, 0.2) is 35.5 Å². The molecule has 0 aromatic rings. The fraction of sp³-hybridized carbons (Fsp3) is 0.500. The summed E-state index contributed by atoms with van der Waals surface area (Å²) in [5.74, 6) is 0.581. The second kappa shape index (κ2) is 4.97. The fourth-order valence-corrected chi connectivity index (χ4v) is 1.16. The van der Waals surface area contributed by atoms with Crippen molar-refractivity contribution in [3.8, 4) is 0 Å². The van der Waals surface area contributed by atoms with E-state index >= 15 is 0 Å². The van der Waals surface area contributed by atoms with E-state index in [1.807, 2.05) is 6.08 Å². The Kier molecular flexibility index (Phi) is 4.65. The molecule has 0 spiro atoms. The molecule has 0 fully saturated rings. The average Bonchev–Trinajstić information content (AvgIpc) is 1.98. The van der Waals surface area contributed by atoms with Crippen molar-refractivity contribution in [2.24, 2.45) is 5.92 Å². The summed E-state index contributed by atoms with van der Waals surface area (Å²) in [6, 6.07) is 0. The molecule has 0 aromatic heterocycles. The molecule has 0 aliphatic rings. The quantitative estimate of drug-likeness (QED) is 0.551. The van der Waals surface area contributed by atoms with Gasteiger partial charge in [-0.2, -0.15) is 0 Å². The summed E-state index contributed by atoms with van der Waals surface area (Å²) in [4.78, 5) is 0. The number of allylic oxidation sites excluding steroid dienone is 5. The maximum absolute atomic E-state index is 3.78. The number of rotatable bonds is 3. The lowest BCUT2D eigenvalue weighted by molar-refractivity contribution is 0.781. The van der Waals surface area contributed by atoms with E-state index in [4.69, 9.17) is 0 Å². The molecule has 0 aliphatic carbocycles. The van der Waals surface area contributed by atoms with Gasteiger partial charge < -0.3 is 0 Å². The third-order valence-corrected chi connectivity index (χ3v) is 1.83. The normalized spacial score (nSPS) is 12.5. The van der Waals surface area contributed by atoms with E-state index in [1.165, 1.54) is 16.7 Å². The zero-order valence-electron chi connectivity index (χ0n) is 8.94. The largest absolute Gasteiger partial charge is 0.0988 e. The standard InChI is InChI=1S/C12H20/c1-7-11(6)12(10(4)5)8-9(2)3/h7-8,10H,1H2,2-6H3/b12-11+. The summed E-state index contributed by atoms with van der Waals surface area (Å²) in [6.45, 7) is 14.6. The van der Waals surface area contributed by atoms with Gasteiger partial charge in [0.1, 0.15) is 0 Å². The van der Waals surface area contributed by atoms with Gasteiger partial charge in [0.15, 0.2) is 0 Å². The molecule has 0 radical (unpaired) electrons. The summed E-state index contributed by atoms with van der Waals surface area (Å²) in [6.07, 6.45) is 4.16. The Hall–Kier alpha value is -0.780. The van der Waals surface area contributed by atoms with Crippen molar-refractivity contribution in [2.45, 2.75) is 34.6 Å². The van der Waals surface area contributed by atoms with Crippen LogP contribution in [0.2, 0.25) is 0 Å². The fourth-order valence-electron chi connectivity index (χ4n) is 1.16. The van der Waals surface area contributed by atoms with E-state index < -0.39 is 0 Å². The molecule has 0 amide bonds. The third kappa shape index (κ3) is 3.56. The van der Waals surface area contributed by atoms with E-state index in [2.05, 4.69) is 47.3 Å². The molecule has 68 valence electrons. The first-order valence-electron chi connectivity index (χ1n) is 4.47. The van der Waals surface area contributed by atoms with Crippen LogP contribution in [0.3, 0.4) is 0 Å². The van der Waals surface area contributed by atoms with Gasteiger partial charge >= 0.3 is 0 Å². The minimum Gasteiger partial charge on any atom is -0.0988 e. The van der Waals surface area contributed by atoms with E-state index in [0.29, 0.717) is 5.92 Å². The zero-order chi connectivity index (χ0) is 9.72. The Balaban J connectivity index is 4.92. The van der Waals surface area contributed by atoms with Crippen molar-refractivity contribution in [3.63, 3.8) is 0 Å². The molecule has 0 N–H and O–H groups in total. The summed E-state index contributed by atoms with van der Waals surface area (Å²) < 4.78 is 0. The van der Waals surface area contributed by atoms with Gasteiger partial charge in [-0.3, -0.25) is 0 Å². The zero-order valence-corrected chi connectivity index (χ0v) is 8.94. The second-order valence-corrected chi connectivity index (χ2v) is 3.72. The molecule has 0 saturated carbocycles. The molecule has 0 nitrogen and oxygen atoms in total. The average molecular weight is 164 g/mol. The molecule has 0 atom stereocenters. The van der Waals surface area contributed by atoms with Gasteiger partial charge in [0, 0.05) is 0 Å². The third-order valence-electron chi connectivity index (χ3n) is 1.83. The van der Waals surface area contributed by atoms with E-state index in [-0.39, 0.29) is 0 Å². The minimum absolute atomic E-state index is 0.581. The summed E-state index contributed by atoms with van der Waals surface area (Å²) >= 11 is 0. The maximum Gasteiger partial charge on any atom is -0.0216 e. The van der Waals surface area contributed by atoms with Gasteiger partial charge in [0.2, 0.25) is 0 Å². The Labute approximate surface area is 76.7 Å². The Morgan fingerprint density at radius 3 is 1.92 bits per heavy atom. The van der Waals surface area contributed by atoms with E-state index in [1.54, 1.807) is 0 Å². The molecule has 0 aliphatic heterocycles. The van der Waals surface area contributed by atoms with Crippen LogP contribution in [-0.4, -0.2) is 0 Å². The van der Waals surface area contributed by atoms with Gasteiger partial charge in [0.05, 0.1) is 0 Å². The minimum atomic E-state index is 0.581. The van der Waals surface area contributed by atoms with Crippen LogP contribution in [0.1, 0.15) is 34.6 Å². The van der Waals surface area contributed by atoms with Gasteiger partial charge in [-0.05, 0) is 37.8 Å². The molecule has 0 bridgehead atoms. The van der Waals surface area contributed by atoms with Crippen molar-refractivity contribution in [2.75, 3.05) is 0 Å². The van der Waals surface area contributed by atoms with Crippen molar-refractivity contribution >= 4 is 0 Å². The van der Waals surface area contributed by atoms with Crippen molar-refractivity contribution in [1.82, 2.24) is 0 Å². The van der Waals surface area contributed by atoms with Crippen LogP contribution >= 0.6 is 0 Å². The van der Waals surface area contributed by atoms with Gasteiger partial charge in [-0.25, -0.2) is 0 Å². The van der Waals surface area contributed by atoms with Crippen molar-refractivity contribution in [1.29, 1.82) is 0 Å².